The first-order chi connectivity index (χ1) is 3.80. The largest absolute Gasteiger partial charge is 0.303 e. The van der Waals surface area contributed by atoms with E-state index < -0.39 is 0 Å². The number of ketones is 1. The van der Waals surface area contributed by atoms with Crippen LogP contribution in [0.3, 0.4) is 0 Å². The highest BCUT2D eigenvalue weighted by Crippen LogP contribution is 2.03. The minimum absolute atomic E-state index is 0.226. The first kappa shape index (κ1) is 5.54. The van der Waals surface area contributed by atoms with E-state index in [1.165, 1.54) is 7.28 Å². The van der Waals surface area contributed by atoms with E-state index in [1.807, 2.05) is 0 Å². The van der Waals surface area contributed by atoms with Gasteiger partial charge in [0.15, 0.2) is 5.78 Å². The fourth-order valence-corrected chi connectivity index (χ4v) is 0.733. The van der Waals surface area contributed by atoms with Gasteiger partial charge in [0.05, 0.1) is 0 Å². The molecule has 1 rings (SSSR count). The van der Waals surface area contributed by atoms with Crippen LogP contribution in [0.25, 0.3) is 0 Å². The number of hydrogen-bond acceptors (Lipinski definition) is 2. The Hall–Kier alpha value is -0.595. The molecule has 3 heteroatoms. The average molecular weight is 109 g/mol. The number of carbonyl (C=O) groups is 2. The standard InChI is InChI=1S/C5H6BO2/c7-4-2-1-3-6-5(4)8/h1-3H2. The number of hydrogen-bond donors (Lipinski definition) is 0. The smallest absolute Gasteiger partial charge is 0.213 e. The molecule has 1 fully saturated rings. The van der Waals surface area contributed by atoms with Crippen molar-refractivity contribution >= 4 is 18.7 Å². The lowest BCUT2D eigenvalue weighted by molar-refractivity contribution is -0.132. The van der Waals surface area contributed by atoms with Gasteiger partial charge in [-0.25, -0.2) is 0 Å². The van der Waals surface area contributed by atoms with Crippen LogP contribution < -0.4 is 0 Å². The predicted octanol–water partition coefficient (Wildman–Crippen LogP) is -0.00160. The normalized spacial score (nSPS) is 20.5. The Kier molecular flexibility index (Phi) is 1.46. The van der Waals surface area contributed by atoms with Crippen molar-refractivity contribution in [2.75, 3.05) is 0 Å². The highest BCUT2D eigenvalue weighted by molar-refractivity contribution is 6.88. The van der Waals surface area contributed by atoms with Crippen LogP contribution in [0, 0.1) is 0 Å². The maximum absolute atomic E-state index is 10.4. The van der Waals surface area contributed by atoms with Gasteiger partial charge in [0.1, 0.15) is 5.68 Å². The van der Waals surface area contributed by atoms with Crippen molar-refractivity contribution in [3.63, 3.8) is 0 Å². The van der Waals surface area contributed by atoms with Gasteiger partial charge >= 0.3 is 0 Å². The zero-order chi connectivity index (χ0) is 5.98. The van der Waals surface area contributed by atoms with Gasteiger partial charge in [-0.3, -0.25) is 4.79 Å². The topological polar surface area (TPSA) is 34.1 Å². The second kappa shape index (κ2) is 2.12. The molecule has 0 aromatic heterocycles. The lowest BCUT2D eigenvalue weighted by atomic mass is 9.63. The zero-order valence-electron chi connectivity index (χ0n) is 4.52. The molecule has 1 aliphatic heterocycles. The molecule has 2 nitrogen and oxygen atoms in total. The average Bonchev–Trinajstić information content (AvgIpc) is 1.77. The van der Waals surface area contributed by atoms with Gasteiger partial charge in [0, 0.05) is 6.42 Å². The summed E-state index contributed by atoms with van der Waals surface area (Å²) in [7, 11) is 1.46. The third kappa shape index (κ3) is 0.969. The van der Waals surface area contributed by atoms with Crippen molar-refractivity contribution in [3.8, 4) is 0 Å². The molecule has 0 atom stereocenters. The Labute approximate surface area is 48.5 Å². The van der Waals surface area contributed by atoms with Gasteiger partial charge in [-0.05, 0) is 0 Å². The van der Waals surface area contributed by atoms with Crippen LogP contribution in [0.15, 0.2) is 0 Å². The van der Waals surface area contributed by atoms with E-state index in [2.05, 4.69) is 0 Å². The van der Waals surface area contributed by atoms with Crippen LogP contribution in [0.4, 0.5) is 0 Å². The van der Waals surface area contributed by atoms with Crippen molar-refractivity contribution in [1.82, 2.24) is 0 Å². The maximum Gasteiger partial charge on any atom is 0.213 e. The van der Waals surface area contributed by atoms with Crippen LogP contribution in [-0.2, 0) is 9.59 Å². The van der Waals surface area contributed by atoms with E-state index >= 15 is 0 Å². The molecular weight excluding hydrogens is 103 g/mol. The fourth-order valence-electron chi connectivity index (χ4n) is 0.733. The molecule has 0 N–H and O–H groups in total. The Bertz CT molecular complexity index is 114. The van der Waals surface area contributed by atoms with Crippen molar-refractivity contribution in [2.45, 2.75) is 19.2 Å². The lowest BCUT2D eigenvalue weighted by Crippen LogP contribution is -2.24. The monoisotopic (exact) mass is 109 g/mol. The van der Waals surface area contributed by atoms with Gasteiger partial charge in [-0.1, -0.05) is 12.7 Å². The summed E-state index contributed by atoms with van der Waals surface area (Å²) in [5.74, 6) is -0.226. The number of carbonyl (C=O) groups excluding carboxylic acids is 2. The van der Waals surface area contributed by atoms with Crippen LogP contribution in [0.5, 0.6) is 0 Å². The van der Waals surface area contributed by atoms with E-state index in [0.29, 0.717) is 6.42 Å². The summed E-state index contributed by atoms with van der Waals surface area (Å²) in [5.41, 5.74) is -0.295. The maximum atomic E-state index is 10.4. The van der Waals surface area contributed by atoms with Crippen LogP contribution >= 0.6 is 0 Å². The Morgan fingerprint density at radius 2 is 2.12 bits per heavy atom. The summed E-state index contributed by atoms with van der Waals surface area (Å²) in [6.07, 6.45) is 2.09. The van der Waals surface area contributed by atoms with Crippen molar-refractivity contribution in [1.29, 1.82) is 0 Å². The van der Waals surface area contributed by atoms with Crippen molar-refractivity contribution in [2.24, 2.45) is 0 Å². The summed E-state index contributed by atoms with van der Waals surface area (Å²) >= 11 is 0. The van der Waals surface area contributed by atoms with Gasteiger partial charge in [0.25, 0.3) is 0 Å². The molecule has 1 aliphatic rings. The molecule has 41 valence electrons. The second-order valence-electron chi connectivity index (χ2n) is 1.88. The zero-order valence-corrected chi connectivity index (χ0v) is 4.52. The summed E-state index contributed by atoms with van der Waals surface area (Å²) in [6, 6.07) is 0. The summed E-state index contributed by atoms with van der Waals surface area (Å²) in [5, 5.41) is 0. The SMILES string of the molecule is O=C1[B]CCCC1=O. The summed E-state index contributed by atoms with van der Waals surface area (Å²) in [4.78, 5) is 20.8. The molecule has 0 amide bonds. The van der Waals surface area contributed by atoms with Crippen LogP contribution in [-0.4, -0.2) is 18.7 Å². The Balaban J connectivity index is 2.52. The molecule has 0 saturated carbocycles. The molecule has 8 heavy (non-hydrogen) atoms. The molecule has 0 unspecified atom stereocenters. The van der Waals surface area contributed by atoms with Crippen molar-refractivity contribution in [3.05, 3.63) is 0 Å². The molecule has 1 radical (unpaired) electrons. The first-order valence-corrected chi connectivity index (χ1v) is 2.71. The van der Waals surface area contributed by atoms with Gasteiger partial charge in [0.2, 0.25) is 7.28 Å². The van der Waals surface area contributed by atoms with Crippen LogP contribution in [0.1, 0.15) is 12.8 Å². The molecule has 0 aromatic rings. The van der Waals surface area contributed by atoms with E-state index in [0.717, 1.165) is 12.7 Å². The van der Waals surface area contributed by atoms with E-state index in [1.54, 1.807) is 0 Å². The lowest BCUT2D eigenvalue weighted by Gasteiger charge is -2.03. The highest BCUT2D eigenvalue weighted by Gasteiger charge is 2.18. The third-order valence-electron chi connectivity index (χ3n) is 1.21. The second-order valence-corrected chi connectivity index (χ2v) is 1.88. The minimum atomic E-state index is -0.295. The van der Waals surface area contributed by atoms with Gasteiger partial charge < -0.3 is 4.79 Å². The highest BCUT2D eigenvalue weighted by atomic mass is 16.2. The minimum Gasteiger partial charge on any atom is -0.303 e. The molecule has 0 bridgehead atoms. The Morgan fingerprint density at radius 1 is 1.38 bits per heavy atom. The van der Waals surface area contributed by atoms with Gasteiger partial charge in [-0.15, -0.1) is 0 Å². The molecular formula is C5H6BO2. The summed E-state index contributed by atoms with van der Waals surface area (Å²) < 4.78 is 0. The fraction of sp³-hybridized carbons (Fsp3) is 0.600. The number of rotatable bonds is 0. The van der Waals surface area contributed by atoms with E-state index in [-0.39, 0.29) is 11.5 Å². The third-order valence-corrected chi connectivity index (χ3v) is 1.21. The van der Waals surface area contributed by atoms with E-state index in [4.69, 9.17) is 0 Å². The molecule has 0 aromatic carbocycles. The first-order valence-electron chi connectivity index (χ1n) is 2.71. The summed E-state index contributed by atoms with van der Waals surface area (Å²) in [6.45, 7) is 0. The Morgan fingerprint density at radius 3 is 2.50 bits per heavy atom. The molecule has 0 aliphatic carbocycles. The van der Waals surface area contributed by atoms with E-state index in [9.17, 15) is 9.59 Å². The van der Waals surface area contributed by atoms with Crippen molar-refractivity contribution < 1.29 is 9.59 Å². The quantitative estimate of drug-likeness (QED) is 0.324. The molecule has 0 spiro atoms. The molecule has 1 saturated heterocycles. The van der Waals surface area contributed by atoms with Crippen LogP contribution in [0.2, 0.25) is 6.32 Å². The molecule has 1 heterocycles. The predicted molar refractivity (Wildman–Crippen MR) is 29.8 cm³/mol. The number of Topliss-reactive ketones (excluding diaryl/α,β-unsaturated/α-hetero) is 1. The van der Waals surface area contributed by atoms with Gasteiger partial charge in [-0.2, -0.15) is 0 Å².